The normalized spacial score (nSPS) is 17.5. The first-order valence-corrected chi connectivity index (χ1v) is 7.94. The maximum atomic E-state index is 12.3. The zero-order chi connectivity index (χ0) is 16.2. The van der Waals surface area contributed by atoms with Crippen LogP contribution < -0.4 is 5.32 Å². The molecule has 0 aliphatic carbocycles. The first-order valence-electron chi connectivity index (χ1n) is 7.15. The molecule has 7 heteroatoms. The third-order valence-corrected chi connectivity index (χ3v) is 4.21. The predicted octanol–water partition coefficient (Wildman–Crippen LogP) is 3.34. The van der Waals surface area contributed by atoms with E-state index in [9.17, 15) is 18.0 Å². The van der Waals surface area contributed by atoms with E-state index in [0.29, 0.717) is 32.5 Å². The molecule has 0 unspecified atom stereocenters. The van der Waals surface area contributed by atoms with Crippen molar-refractivity contribution in [1.29, 1.82) is 0 Å². The van der Waals surface area contributed by atoms with Crippen molar-refractivity contribution in [2.24, 2.45) is 5.92 Å². The Bertz CT molecular complexity index is 514. The van der Waals surface area contributed by atoms with Crippen LogP contribution in [0.5, 0.6) is 0 Å². The van der Waals surface area contributed by atoms with Gasteiger partial charge in [-0.3, -0.25) is 9.69 Å². The summed E-state index contributed by atoms with van der Waals surface area (Å²) in [4.78, 5) is 13.4. The second kappa shape index (κ2) is 7.46. The Morgan fingerprint density at radius 3 is 2.59 bits per heavy atom. The van der Waals surface area contributed by atoms with Gasteiger partial charge in [-0.25, -0.2) is 0 Å². The highest BCUT2D eigenvalue weighted by Gasteiger charge is 2.33. The van der Waals surface area contributed by atoms with Gasteiger partial charge in [-0.1, -0.05) is 28.1 Å². The fourth-order valence-electron chi connectivity index (χ4n) is 2.59. The number of nitrogens with one attached hydrogen (secondary N) is 1. The molecular formula is C15H18BrF3N2O. The summed E-state index contributed by atoms with van der Waals surface area (Å²) in [5, 5.41) is 2.86. The molecular weight excluding hydrogens is 361 g/mol. The van der Waals surface area contributed by atoms with Crippen LogP contribution in [-0.4, -0.2) is 36.6 Å². The van der Waals surface area contributed by atoms with Crippen molar-refractivity contribution in [3.63, 3.8) is 0 Å². The molecule has 1 aliphatic heterocycles. The highest BCUT2D eigenvalue weighted by Crippen LogP contribution is 2.22. The van der Waals surface area contributed by atoms with Gasteiger partial charge in [0.25, 0.3) is 0 Å². The molecule has 0 spiro atoms. The minimum absolute atomic E-state index is 0.0772. The van der Waals surface area contributed by atoms with Crippen LogP contribution in [0.4, 0.5) is 13.2 Å². The summed E-state index contributed by atoms with van der Waals surface area (Å²) >= 11 is 3.37. The molecule has 1 aliphatic rings. The lowest BCUT2D eigenvalue weighted by molar-refractivity contribution is -0.149. The Morgan fingerprint density at radius 1 is 1.32 bits per heavy atom. The van der Waals surface area contributed by atoms with Crippen molar-refractivity contribution in [3.05, 3.63) is 34.3 Å². The summed E-state index contributed by atoms with van der Waals surface area (Å²) in [6.07, 6.45) is -3.23. The maximum absolute atomic E-state index is 12.3. The van der Waals surface area contributed by atoms with Crippen molar-refractivity contribution < 1.29 is 18.0 Å². The summed E-state index contributed by atoms with van der Waals surface area (Å²) < 4.78 is 37.9. The molecule has 122 valence electrons. The number of amides is 1. The van der Waals surface area contributed by atoms with Gasteiger partial charge in [0, 0.05) is 16.9 Å². The number of rotatable bonds is 4. The van der Waals surface area contributed by atoms with Crippen LogP contribution in [0, 0.1) is 5.92 Å². The van der Waals surface area contributed by atoms with Crippen molar-refractivity contribution in [2.45, 2.75) is 25.6 Å². The van der Waals surface area contributed by atoms with Gasteiger partial charge in [0.05, 0.1) is 6.54 Å². The molecule has 1 heterocycles. The zero-order valence-corrected chi connectivity index (χ0v) is 13.6. The number of alkyl halides is 3. The monoisotopic (exact) mass is 378 g/mol. The Kier molecular flexibility index (Phi) is 5.86. The summed E-state index contributed by atoms with van der Waals surface area (Å²) in [5.74, 6) is -0.275. The van der Waals surface area contributed by atoms with Crippen molar-refractivity contribution >= 4 is 21.8 Å². The van der Waals surface area contributed by atoms with Crippen LogP contribution in [0.2, 0.25) is 0 Å². The van der Waals surface area contributed by atoms with Crippen LogP contribution in [0.25, 0.3) is 0 Å². The molecule has 1 fully saturated rings. The molecule has 1 aromatic carbocycles. The molecule has 1 saturated heterocycles. The zero-order valence-electron chi connectivity index (χ0n) is 12.0. The predicted molar refractivity (Wildman–Crippen MR) is 81.2 cm³/mol. The lowest BCUT2D eigenvalue weighted by atomic mass is 9.96. The lowest BCUT2D eigenvalue weighted by Gasteiger charge is -2.31. The largest absolute Gasteiger partial charge is 0.401 e. The van der Waals surface area contributed by atoms with Crippen LogP contribution >= 0.6 is 15.9 Å². The van der Waals surface area contributed by atoms with Gasteiger partial charge in [0.1, 0.15) is 0 Å². The number of likely N-dealkylation sites (tertiary alicyclic amines) is 1. The quantitative estimate of drug-likeness (QED) is 0.871. The van der Waals surface area contributed by atoms with Crippen LogP contribution in [0.1, 0.15) is 18.4 Å². The number of carbonyl (C=O) groups is 1. The first kappa shape index (κ1) is 17.3. The summed E-state index contributed by atoms with van der Waals surface area (Å²) in [6, 6.07) is 7.63. The van der Waals surface area contributed by atoms with Gasteiger partial charge >= 0.3 is 6.18 Å². The Hall–Kier alpha value is -1.08. The molecule has 3 nitrogen and oxygen atoms in total. The highest BCUT2D eigenvalue weighted by molar-refractivity contribution is 9.10. The average Bonchev–Trinajstić information content (AvgIpc) is 2.44. The van der Waals surface area contributed by atoms with Crippen LogP contribution in [0.3, 0.4) is 0 Å². The molecule has 0 atom stereocenters. The Labute approximate surface area is 136 Å². The van der Waals surface area contributed by atoms with E-state index in [0.717, 1.165) is 10.0 Å². The van der Waals surface area contributed by atoms with Crippen molar-refractivity contribution in [2.75, 3.05) is 19.6 Å². The fourth-order valence-corrected chi connectivity index (χ4v) is 3.03. The Morgan fingerprint density at radius 2 is 2.00 bits per heavy atom. The number of benzene rings is 1. The molecule has 1 N–H and O–H groups in total. The smallest absolute Gasteiger partial charge is 0.352 e. The second-order valence-electron chi connectivity index (χ2n) is 5.51. The van der Waals surface area contributed by atoms with Gasteiger partial charge in [-0.05, 0) is 43.6 Å². The molecule has 0 radical (unpaired) electrons. The van der Waals surface area contributed by atoms with Gasteiger partial charge in [-0.2, -0.15) is 13.2 Å². The summed E-state index contributed by atoms with van der Waals surface area (Å²) in [6.45, 7) is 0.170. The first-order chi connectivity index (χ1) is 10.3. The van der Waals surface area contributed by atoms with Crippen LogP contribution in [-0.2, 0) is 11.3 Å². The fraction of sp³-hybridized carbons (Fsp3) is 0.533. The van der Waals surface area contributed by atoms with Crippen molar-refractivity contribution in [1.82, 2.24) is 10.2 Å². The minimum Gasteiger partial charge on any atom is -0.352 e. The Balaban J connectivity index is 1.75. The highest BCUT2D eigenvalue weighted by atomic mass is 79.9. The van der Waals surface area contributed by atoms with E-state index in [1.807, 2.05) is 24.3 Å². The van der Waals surface area contributed by atoms with E-state index in [-0.39, 0.29) is 11.8 Å². The molecule has 0 aromatic heterocycles. The van der Waals surface area contributed by atoms with E-state index in [1.165, 1.54) is 4.90 Å². The molecule has 0 saturated carbocycles. The molecule has 22 heavy (non-hydrogen) atoms. The molecule has 1 amide bonds. The third-order valence-electron chi connectivity index (χ3n) is 3.72. The standard InChI is InChI=1S/C15H18BrF3N2O/c16-13-3-1-2-11(8-13)9-20-14(22)12-4-6-21(7-5-12)10-15(17,18)19/h1-3,8,12H,4-7,9-10H2,(H,20,22). The summed E-state index contributed by atoms with van der Waals surface area (Å²) in [5.41, 5.74) is 0.984. The van der Waals surface area contributed by atoms with Gasteiger partial charge in [0.15, 0.2) is 0 Å². The van der Waals surface area contributed by atoms with E-state index in [4.69, 9.17) is 0 Å². The van der Waals surface area contributed by atoms with E-state index in [2.05, 4.69) is 21.2 Å². The van der Waals surface area contributed by atoms with Gasteiger partial charge in [-0.15, -0.1) is 0 Å². The number of halogens is 4. The lowest BCUT2D eigenvalue weighted by Crippen LogP contribution is -2.43. The maximum Gasteiger partial charge on any atom is 0.401 e. The average molecular weight is 379 g/mol. The van der Waals surface area contributed by atoms with Gasteiger partial charge < -0.3 is 5.32 Å². The van der Waals surface area contributed by atoms with E-state index < -0.39 is 12.7 Å². The third kappa shape index (κ3) is 5.61. The number of nitrogens with zero attached hydrogens (tertiary/aromatic N) is 1. The second-order valence-corrected chi connectivity index (χ2v) is 6.43. The minimum atomic E-state index is -4.17. The number of hydrogen-bond acceptors (Lipinski definition) is 2. The molecule has 0 bridgehead atoms. The topological polar surface area (TPSA) is 32.3 Å². The molecule has 2 rings (SSSR count). The van der Waals surface area contributed by atoms with E-state index >= 15 is 0 Å². The number of piperidine rings is 1. The summed E-state index contributed by atoms with van der Waals surface area (Å²) in [7, 11) is 0. The number of carbonyl (C=O) groups excluding carboxylic acids is 1. The van der Waals surface area contributed by atoms with Gasteiger partial charge in [0.2, 0.25) is 5.91 Å². The number of hydrogen-bond donors (Lipinski definition) is 1. The van der Waals surface area contributed by atoms with Crippen LogP contribution in [0.15, 0.2) is 28.7 Å². The van der Waals surface area contributed by atoms with Crippen molar-refractivity contribution in [3.8, 4) is 0 Å². The SMILES string of the molecule is O=C(NCc1cccc(Br)c1)C1CCN(CC(F)(F)F)CC1. The molecule has 1 aromatic rings. The van der Waals surface area contributed by atoms with E-state index in [1.54, 1.807) is 0 Å².